The van der Waals surface area contributed by atoms with Crippen LogP contribution < -0.4 is 0 Å². The monoisotopic (exact) mass is 399 g/mol. The first-order chi connectivity index (χ1) is 11.9. The summed E-state index contributed by atoms with van der Waals surface area (Å²) < 4.78 is 39.5. The summed E-state index contributed by atoms with van der Waals surface area (Å²) in [4.78, 5) is 0.261. The van der Waals surface area contributed by atoms with E-state index in [0.717, 1.165) is 4.70 Å². The minimum atomic E-state index is -3.68. The number of benzene rings is 1. The van der Waals surface area contributed by atoms with Gasteiger partial charge in [-0.2, -0.15) is 4.31 Å². The Bertz CT molecular complexity index is 1030. The van der Waals surface area contributed by atoms with Crippen LogP contribution in [0.25, 0.3) is 10.1 Å². The van der Waals surface area contributed by atoms with Crippen molar-refractivity contribution in [3.63, 3.8) is 0 Å². The summed E-state index contributed by atoms with van der Waals surface area (Å²) in [5, 5.41) is 10.5. The lowest BCUT2D eigenvalue weighted by atomic mass is 10.3. The minimum absolute atomic E-state index is 0.127. The third-order valence-corrected chi connectivity index (χ3v) is 7.22. The van der Waals surface area contributed by atoms with Crippen LogP contribution in [0.1, 0.15) is 17.9 Å². The molecule has 2 aromatic heterocycles. The van der Waals surface area contributed by atoms with E-state index in [1.807, 2.05) is 6.07 Å². The highest BCUT2D eigenvalue weighted by Gasteiger charge is 2.35. The molecule has 0 aliphatic carbocycles. The van der Waals surface area contributed by atoms with Crippen molar-refractivity contribution in [1.29, 1.82) is 0 Å². The lowest BCUT2D eigenvalue weighted by molar-refractivity contribution is -0.0176. The van der Waals surface area contributed by atoms with E-state index in [2.05, 4.69) is 10.2 Å². The number of hydrogen-bond acceptors (Lipinski definition) is 7. The largest absolute Gasteiger partial charge is 0.423 e. The molecule has 0 bridgehead atoms. The van der Waals surface area contributed by atoms with Gasteiger partial charge in [-0.25, -0.2) is 8.42 Å². The maximum Gasteiger partial charge on any atom is 0.246 e. The molecular weight excluding hydrogens is 386 g/mol. The van der Waals surface area contributed by atoms with Gasteiger partial charge in [0.05, 0.1) is 6.61 Å². The molecule has 1 aromatic carbocycles. The first-order valence-corrected chi connectivity index (χ1v) is 10.2. The molecule has 0 saturated carbocycles. The second-order valence-corrected chi connectivity index (χ2v) is 8.88. The fourth-order valence-corrected chi connectivity index (χ4v) is 5.79. The van der Waals surface area contributed by atoms with Crippen molar-refractivity contribution in [1.82, 2.24) is 14.5 Å². The lowest BCUT2D eigenvalue weighted by Gasteiger charge is -2.30. The van der Waals surface area contributed by atoms with Crippen molar-refractivity contribution in [2.45, 2.75) is 17.9 Å². The van der Waals surface area contributed by atoms with Gasteiger partial charge in [0.2, 0.25) is 21.8 Å². The molecule has 3 heterocycles. The molecular formula is C15H14ClN3O4S2. The second-order valence-electron chi connectivity index (χ2n) is 5.62. The predicted molar refractivity (Wildman–Crippen MR) is 93.3 cm³/mol. The molecule has 1 unspecified atom stereocenters. The van der Waals surface area contributed by atoms with Gasteiger partial charge in [-0.15, -0.1) is 21.5 Å². The Morgan fingerprint density at radius 1 is 1.36 bits per heavy atom. The zero-order chi connectivity index (χ0) is 17.6. The topological polar surface area (TPSA) is 85.5 Å². The number of halogens is 1. The molecule has 0 spiro atoms. The van der Waals surface area contributed by atoms with E-state index in [0.29, 0.717) is 16.3 Å². The van der Waals surface area contributed by atoms with Crippen LogP contribution in [0, 0.1) is 6.92 Å². The molecule has 4 rings (SSSR count). The standard InChI is InChI=1S/C15H14ClN3O4S2/c1-9-17-18-15(23-9)12-7-19(4-5-22-12)25(20,21)14-8-24-13-3-2-10(16)6-11(13)14/h2-3,6,8,12H,4-5,7H2,1H3. The number of hydrogen-bond donors (Lipinski definition) is 0. The van der Waals surface area contributed by atoms with Gasteiger partial charge in [-0.3, -0.25) is 0 Å². The van der Waals surface area contributed by atoms with Gasteiger partial charge < -0.3 is 9.15 Å². The van der Waals surface area contributed by atoms with Crippen molar-refractivity contribution in [3.05, 3.63) is 40.4 Å². The van der Waals surface area contributed by atoms with Crippen LogP contribution in [0.4, 0.5) is 0 Å². The number of nitrogens with zero attached hydrogens (tertiary/aromatic N) is 3. The van der Waals surface area contributed by atoms with Crippen molar-refractivity contribution < 1.29 is 17.6 Å². The number of ether oxygens (including phenoxy) is 1. The SMILES string of the molecule is Cc1nnc(C2CN(S(=O)(=O)c3csc4ccc(Cl)cc34)CCO2)o1. The predicted octanol–water partition coefficient (Wildman–Crippen LogP) is 3.01. The quantitative estimate of drug-likeness (QED) is 0.673. The van der Waals surface area contributed by atoms with Crippen molar-refractivity contribution in [2.24, 2.45) is 0 Å². The molecule has 25 heavy (non-hydrogen) atoms. The third kappa shape index (κ3) is 3.06. The summed E-state index contributed by atoms with van der Waals surface area (Å²) >= 11 is 7.41. The van der Waals surface area contributed by atoms with Crippen LogP contribution in [-0.2, 0) is 14.8 Å². The van der Waals surface area contributed by atoms with Gasteiger partial charge in [0.1, 0.15) is 11.0 Å². The molecule has 0 radical (unpaired) electrons. The van der Waals surface area contributed by atoms with Crippen LogP contribution in [0.5, 0.6) is 0 Å². The fraction of sp³-hybridized carbons (Fsp3) is 0.333. The van der Waals surface area contributed by atoms with Gasteiger partial charge in [0.15, 0.2) is 0 Å². The molecule has 132 valence electrons. The maximum atomic E-state index is 13.1. The van der Waals surface area contributed by atoms with E-state index in [-0.39, 0.29) is 30.5 Å². The zero-order valence-corrected chi connectivity index (χ0v) is 15.6. The minimum Gasteiger partial charge on any atom is -0.423 e. The highest BCUT2D eigenvalue weighted by Crippen LogP contribution is 2.34. The van der Waals surface area contributed by atoms with Gasteiger partial charge in [-0.05, 0) is 18.2 Å². The molecule has 0 amide bonds. The third-order valence-electron chi connectivity index (χ3n) is 3.96. The highest BCUT2D eigenvalue weighted by molar-refractivity contribution is 7.89. The first-order valence-electron chi connectivity index (χ1n) is 7.53. The molecule has 1 aliphatic rings. The number of thiophene rings is 1. The van der Waals surface area contributed by atoms with E-state index >= 15 is 0 Å². The average Bonchev–Trinajstić information content (AvgIpc) is 3.21. The summed E-state index contributed by atoms with van der Waals surface area (Å²) in [6.07, 6.45) is -0.571. The zero-order valence-electron chi connectivity index (χ0n) is 13.2. The van der Waals surface area contributed by atoms with Crippen molar-refractivity contribution in [3.8, 4) is 0 Å². The van der Waals surface area contributed by atoms with Crippen molar-refractivity contribution >= 4 is 43.0 Å². The smallest absolute Gasteiger partial charge is 0.246 e. The normalized spacial score (nSPS) is 19.5. The Hall–Kier alpha value is -1.52. The number of fused-ring (bicyclic) bond motifs is 1. The van der Waals surface area contributed by atoms with Crippen LogP contribution >= 0.6 is 22.9 Å². The molecule has 1 atom stereocenters. The number of aryl methyl sites for hydroxylation is 1. The van der Waals surface area contributed by atoms with E-state index in [1.165, 1.54) is 15.6 Å². The van der Waals surface area contributed by atoms with E-state index in [4.69, 9.17) is 20.8 Å². The number of rotatable bonds is 3. The molecule has 10 heteroatoms. The fourth-order valence-electron chi connectivity index (χ4n) is 2.75. The van der Waals surface area contributed by atoms with E-state index in [9.17, 15) is 8.42 Å². The second kappa shape index (κ2) is 6.33. The lowest BCUT2D eigenvalue weighted by Crippen LogP contribution is -2.42. The van der Waals surface area contributed by atoms with Crippen LogP contribution in [0.15, 0.2) is 32.9 Å². The summed E-state index contributed by atoms with van der Waals surface area (Å²) in [5.74, 6) is 0.702. The summed E-state index contributed by atoms with van der Waals surface area (Å²) in [5.41, 5.74) is 0. The number of aromatic nitrogens is 2. The Morgan fingerprint density at radius 3 is 2.96 bits per heavy atom. The molecule has 0 N–H and O–H groups in total. The number of morpholine rings is 1. The van der Waals surface area contributed by atoms with Crippen LogP contribution in [0.3, 0.4) is 0 Å². The van der Waals surface area contributed by atoms with E-state index in [1.54, 1.807) is 24.4 Å². The van der Waals surface area contributed by atoms with Gasteiger partial charge in [0.25, 0.3) is 0 Å². The Balaban J connectivity index is 1.68. The first kappa shape index (κ1) is 16.9. The van der Waals surface area contributed by atoms with Crippen LogP contribution in [-0.4, -0.2) is 42.6 Å². The van der Waals surface area contributed by atoms with Crippen LogP contribution in [0.2, 0.25) is 5.02 Å². The maximum absolute atomic E-state index is 13.1. The molecule has 7 nitrogen and oxygen atoms in total. The Morgan fingerprint density at radius 2 is 2.20 bits per heavy atom. The summed E-state index contributed by atoms with van der Waals surface area (Å²) in [6, 6.07) is 5.25. The molecule has 1 saturated heterocycles. The van der Waals surface area contributed by atoms with Crippen molar-refractivity contribution in [2.75, 3.05) is 19.7 Å². The van der Waals surface area contributed by atoms with Gasteiger partial charge in [-0.1, -0.05) is 11.6 Å². The molecule has 1 aliphatic heterocycles. The summed E-state index contributed by atoms with van der Waals surface area (Å²) in [6.45, 7) is 2.33. The Kier molecular flexibility index (Phi) is 4.28. The van der Waals surface area contributed by atoms with Gasteiger partial charge >= 0.3 is 0 Å². The average molecular weight is 400 g/mol. The van der Waals surface area contributed by atoms with E-state index < -0.39 is 16.1 Å². The molecule has 1 fully saturated rings. The Labute approximate surface area is 153 Å². The van der Waals surface area contributed by atoms with Gasteiger partial charge in [0, 0.05) is 40.5 Å². The molecule has 3 aromatic rings. The summed E-state index contributed by atoms with van der Waals surface area (Å²) in [7, 11) is -3.68. The highest BCUT2D eigenvalue weighted by atomic mass is 35.5. The number of sulfonamides is 1.